The summed E-state index contributed by atoms with van der Waals surface area (Å²) in [4.78, 5) is 13.2. The molecule has 3 N–H and O–H groups in total. The maximum absolute atomic E-state index is 11.9. The van der Waals surface area contributed by atoms with E-state index in [0.717, 1.165) is 10.9 Å². The minimum atomic E-state index is -3.33. The smallest absolute Gasteiger partial charge is 0.229 e. The summed E-state index contributed by atoms with van der Waals surface area (Å²) in [5.41, 5.74) is 2.90. The lowest BCUT2D eigenvalue weighted by Crippen LogP contribution is -2.03. The largest absolute Gasteiger partial charge is 0.325 e. The molecule has 0 aliphatic heterocycles. The Bertz CT molecular complexity index is 1320. The van der Waals surface area contributed by atoms with E-state index < -0.39 is 9.84 Å². The lowest BCUT2D eigenvalue weighted by molar-refractivity contribution is 0.601. The third kappa shape index (κ3) is 4.02. The summed E-state index contributed by atoms with van der Waals surface area (Å²) in [6.45, 7) is 3.72. The van der Waals surface area contributed by atoms with Gasteiger partial charge in [0.1, 0.15) is 11.6 Å². The van der Waals surface area contributed by atoms with E-state index in [4.69, 9.17) is 0 Å². The molecule has 10 heteroatoms. The number of aryl methyl sites for hydroxylation is 2. The summed E-state index contributed by atoms with van der Waals surface area (Å²) >= 11 is 0. The van der Waals surface area contributed by atoms with Crippen molar-refractivity contribution < 1.29 is 8.42 Å². The molecular formula is C19H19N7O2S. The summed E-state index contributed by atoms with van der Waals surface area (Å²) in [6, 6.07) is 8.80. The number of pyridine rings is 1. The first-order chi connectivity index (χ1) is 13.8. The van der Waals surface area contributed by atoms with Crippen molar-refractivity contribution in [2.45, 2.75) is 18.7 Å². The van der Waals surface area contributed by atoms with Gasteiger partial charge in [0.25, 0.3) is 0 Å². The number of rotatable bonds is 5. The summed E-state index contributed by atoms with van der Waals surface area (Å²) in [6.07, 6.45) is 4.54. The maximum atomic E-state index is 11.9. The fraction of sp³-hybridized carbons (Fsp3) is 0.158. The van der Waals surface area contributed by atoms with Crippen molar-refractivity contribution in [1.82, 2.24) is 25.1 Å². The molecule has 0 aliphatic carbocycles. The highest BCUT2D eigenvalue weighted by atomic mass is 32.2. The predicted molar refractivity (Wildman–Crippen MR) is 112 cm³/mol. The van der Waals surface area contributed by atoms with Gasteiger partial charge in [-0.05, 0) is 49.2 Å². The predicted octanol–water partition coefficient (Wildman–Crippen LogP) is 3.26. The summed E-state index contributed by atoms with van der Waals surface area (Å²) in [5.74, 6) is 1.55. The van der Waals surface area contributed by atoms with Gasteiger partial charge in [-0.3, -0.25) is 5.10 Å². The van der Waals surface area contributed by atoms with Crippen LogP contribution < -0.4 is 10.6 Å². The average molecular weight is 409 g/mol. The fourth-order valence-electron chi connectivity index (χ4n) is 2.92. The molecule has 3 aromatic heterocycles. The van der Waals surface area contributed by atoms with Crippen LogP contribution in [-0.4, -0.2) is 39.8 Å². The van der Waals surface area contributed by atoms with Crippen LogP contribution >= 0.6 is 0 Å². The standard InChI is InChI=1S/C19H19N7O2S/c1-11-8-14-17(21-10-11)25-26-18(14)23-16-6-7-20-19(24-16)22-13-5-4-12(2)15(9-13)29(3,27)28/h4-10H,1-3H3,(H3,20,21,22,23,24,25,26). The third-order valence-corrected chi connectivity index (χ3v) is 5.54. The van der Waals surface area contributed by atoms with Crippen molar-refractivity contribution in [2.24, 2.45) is 0 Å². The van der Waals surface area contributed by atoms with E-state index >= 15 is 0 Å². The molecule has 0 saturated heterocycles. The first kappa shape index (κ1) is 18.8. The molecule has 9 nitrogen and oxygen atoms in total. The molecular weight excluding hydrogens is 390 g/mol. The normalized spacial score (nSPS) is 11.6. The van der Waals surface area contributed by atoms with Gasteiger partial charge >= 0.3 is 0 Å². The fourth-order valence-corrected chi connectivity index (χ4v) is 3.92. The molecule has 0 radical (unpaired) electrons. The first-order valence-electron chi connectivity index (χ1n) is 8.78. The Labute approximate surface area is 167 Å². The topological polar surface area (TPSA) is 126 Å². The van der Waals surface area contributed by atoms with E-state index in [0.29, 0.717) is 34.5 Å². The van der Waals surface area contributed by atoms with Crippen molar-refractivity contribution >= 4 is 44.1 Å². The highest BCUT2D eigenvalue weighted by Gasteiger charge is 2.12. The number of anilines is 4. The van der Waals surface area contributed by atoms with Crippen LogP contribution in [0, 0.1) is 13.8 Å². The minimum Gasteiger partial charge on any atom is -0.325 e. The molecule has 0 bridgehead atoms. The molecule has 4 aromatic rings. The zero-order valence-electron chi connectivity index (χ0n) is 16.1. The molecule has 0 spiro atoms. The molecule has 3 heterocycles. The number of hydrogen-bond acceptors (Lipinski definition) is 8. The number of fused-ring (bicyclic) bond motifs is 1. The van der Waals surface area contributed by atoms with Gasteiger partial charge in [-0.1, -0.05) is 6.07 Å². The third-order valence-electron chi connectivity index (χ3n) is 4.30. The van der Waals surface area contributed by atoms with E-state index in [1.807, 2.05) is 13.0 Å². The number of sulfone groups is 1. The Morgan fingerprint density at radius 1 is 1.03 bits per heavy atom. The highest BCUT2D eigenvalue weighted by Crippen LogP contribution is 2.24. The van der Waals surface area contributed by atoms with Crippen LogP contribution in [0.2, 0.25) is 0 Å². The van der Waals surface area contributed by atoms with Crippen molar-refractivity contribution in [2.75, 3.05) is 16.9 Å². The van der Waals surface area contributed by atoms with Crippen molar-refractivity contribution in [1.29, 1.82) is 0 Å². The Hall–Kier alpha value is -3.53. The van der Waals surface area contributed by atoms with E-state index in [2.05, 4.69) is 35.8 Å². The number of H-pyrrole nitrogens is 1. The van der Waals surface area contributed by atoms with Gasteiger partial charge in [-0.15, -0.1) is 0 Å². The number of aromatic amines is 1. The monoisotopic (exact) mass is 409 g/mol. The zero-order valence-corrected chi connectivity index (χ0v) is 16.9. The Balaban J connectivity index is 1.60. The Morgan fingerprint density at radius 3 is 2.66 bits per heavy atom. The summed E-state index contributed by atoms with van der Waals surface area (Å²) in [5, 5.41) is 14.2. The van der Waals surface area contributed by atoms with Gasteiger partial charge in [-0.25, -0.2) is 18.4 Å². The van der Waals surface area contributed by atoms with Crippen molar-refractivity contribution in [3.05, 3.63) is 53.9 Å². The van der Waals surface area contributed by atoms with Crippen molar-refractivity contribution in [3.8, 4) is 0 Å². The van der Waals surface area contributed by atoms with Crippen LogP contribution in [0.15, 0.2) is 47.6 Å². The van der Waals surface area contributed by atoms with Gasteiger partial charge in [0.05, 0.1) is 10.3 Å². The van der Waals surface area contributed by atoms with Gasteiger partial charge < -0.3 is 10.6 Å². The molecule has 148 valence electrons. The summed E-state index contributed by atoms with van der Waals surface area (Å²) < 4.78 is 23.9. The minimum absolute atomic E-state index is 0.267. The molecule has 1 aromatic carbocycles. The summed E-state index contributed by atoms with van der Waals surface area (Å²) in [7, 11) is -3.33. The van der Waals surface area contributed by atoms with Crippen LogP contribution in [-0.2, 0) is 9.84 Å². The quantitative estimate of drug-likeness (QED) is 0.459. The van der Waals surface area contributed by atoms with Crippen LogP contribution in [0.4, 0.5) is 23.3 Å². The highest BCUT2D eigenvalue weighted by molar-refractivity contribution is 7.90. The zero-order chi connectivity index (χ0) is 20.6. The van der Waals surface area contributed by atoms with E-state index in [1.54, 1.807) is 43.6 Å². The molecule has 0 amide bonds. The second-order valence-electron chi connectivity index (χ2n) is 6.75. The van der Waals surface area contributed by atoms with Crippen LogP contribution in [0.25, 0.3) is 11.0 Å². The van der Waals surface area contributed by atoms with Gasteiger partial charge in [0, 0.05) is 24.3 Å². The van der Waals surface area contributed by atoms with E-state index in [-0.39, 0.29) is 4.90 Å². The van der Waals surface area contributed by atoms with E-state index in [9.17, 15) is 8.42 Å². The van der Waals surface area contributed by atoms with Gasteiger partial charge in [0.15, 0.2) is 15.5 Å². The molecule has 0 atom stereocenters. The molecule has 4 rings (SSSR count). The van der Waals surface area contributed by atoms with Crippen LogP contribution in [0.3, 0.4) is 0 Å². The van der Waals surface area contributed by atoms with E-state index in [1.165, 1.54) is 6.26 Å². The van der Waals surface area contributed by atoms with Crippen LogP contribution in [0.1, 0.15) is 11.1 Å². The molecule has 0 aliphatic rings. The lowest BCUT2D eigenvalue weighted by Gasteiger charge is -2.10. The number of nitrogens with one attached hydrogen (secondary N) is 3. The van der Waals surface area contributed by atoms with Gasteiger partial charge in [0.2, 0.25) is 5.95 Å². The lowest BCUT2D eigenvalue weighted by atomic mass is 10.2. The van der Waals surface area contributed by atoms with Gasteiger partial charge in [-0.2, -0.15) is 10.1 Å². The second kappa shape index (κ2) is 7.13. The molecule has 29 heavy (non-hydrogen) atoms. The molecule has 0 unspecified atom stereocenters. The Kier molecular flexibility index (Phi) is 4.63. The van der Waals surface area contributed by atoms with Crippen molar-refractivity contribution in [3.63, 3.8) is 0 Å². The molecule has 0 saturated carbocycles. The first-order valence-corrected chi connectivity index (χ1v) is 10.7. The Morgan fingerprint density at radius 2 is 1.86 bits per heavy atom. The average Bonchev–Trinajstić information content (AvgIpc) is 3.05. The number of benzene rings is 1. The number of nitrogens with zero attached hydrogens (tertiary/aromatic N) is 4. The second-order valence-corrected chi connectivity index (χ2v) is 8.73. The number of hydrogen-bond donors (Lipinski definition) is 3. The SMILES string of the molecule is Cc1cnc2n[nH]c(Nc3ccnc(Nc4ccc(C)c(S(C)(=O)=O)c4)n3)c2c1. The molecule has 0 fully saturated rings. The van der Waals surface area contributed by atoms with Crippen LogP contribution in [0.5, 0.6) is 0 Å². The maximum Gasteiger partial charge on any atom is 0.229 e. The number of aromatic nitrogens is 5.